The van der Waals surface area contributed by atoms with E-state index in [-0.39, 0.29) is 18.0 Å². The molecule has 3 aliphatic rings. The number of aromatic nitrogens is 2. The summed E-state index contributed by atoms with van der Waals surface area (Å²) in [6.45, 7) is 4.23. The van der Waals surface area contributed by atoms with Crippen molar-refractivity contribution in [2.45, 2.75) is 32.6 Å². The zero-order chi connectivity index (χ0) is 21.4. The van der Waals surface area contributed by atoms with Gasteiger partial charge in [0, 0.05) is 37.7 Å². The fourth-order valence-corrected chi connectivity index (χ4v) is 4.78. The lowest BCUT2D eigenvalue weighted by Crippen LogP contribution is -2.45. The number of nitrogens with zero attached hydrogens (tertiary/aromatic N) is 2. The molecule has 1 N–H and O–H groups in total. The molecule has 1 unspecified atom stereocenters. The maximum absolute atomic E-state index is 13.3. The zero-order valence-electron chi connectivity index (χ0n) is 17.4. The highest BCUT2D eigenvalue weighted by atomic mass is 16.7. The number of anilines is 1. The summed E-state index contributed by atoms with van der Waals surface area (Å²) in [6.07, 6.45) is 1.05. The van der Waals surface area contributed by atoms with Gasteiger partial charge in [-0.2, -0.15) is 0 Å². The van der Waals surface area contributed by atoms with Crippen LogP contribution in [0, 0.1) is 5.41 Å². The van der Waals surface area contributed by atoms with Gasteiger partial charge in [-0.15, -0.1) is 0 Å². The predicted molar refractivity (Wildman–Crippen MR) is 110 cm³/mol. The first-order valence-electron chi connectivity index (χ1n) is 9.91. The van der Waals surface area contributed by atoms with E-state index in [4.69, 9.17) is 9.47 Å². The maximum Gasteiger partial charge on any atom is 0.332 e. The molecule has 1 aromatic heterocycles. The van der Waals surface area contributed by atoms with E-state index >= 15 is 0 Å². The van der Waals surface area contributed by atoms with E-state index in [0.717, 1.165) is 15.8 Å². The molecule has 0 fully saturated rings. The quantitative estimate of drug-likeness (QED) is 0.775. The van der Waals surface area contributed by atoms with Crippen LogP contribution in [0.3, 0.4) is 0 Å². The van der Waals surface area contributed by atoms with Crippen molar-refractivity contribution in [2.75, 3.05) is 12.1 Å². The Kier molecular flexibility index (Phi) is 3.81. The fourth-order valence-electron chi connectivity index (χ4n) is 4.78. The number of fused-ring (bicyclic) bond motifs is 2. The molecule has 1 aliphatic carbocycles. The van der Waals surface area contributed by atoms with Gasteiger partial charge < -0.3 is 14.8 Å². The normalized spacial score (nSPS) is 21.2. The van der Waals surface area contributed by atoms with Crippen molar-refractivity contribution in [3.63, 3.8) is 0 Å². The van der Waals surface area contributed by atoms with Crippen LogP contribution in [0.1, 0.15) is 43.7 Å². The van der Waals surface area contributed by atoms with Crippen molar-refractivity contribution in [1.82, 2.24) is 9.13 Å². The Balaban J connectivity index is 1.82. The summed E-state index contributed by atoms with van der Waals surface area (Å²) in [5.74, 6) is 1.08. The molecule has 0 bridgehead atoms. The van der Waals surface area contributed by atoms with Crippen molar-refractivity contribution in [2.24, 2.45) is 19.5 Å². The van der Waals surface area contributed by atoms with Crippen molar-refractivity contribution in [3.8, 4) is 11.5 Å². The molecule has 0 spiro atoms. The third kappa shape index (κ3) is 2.56. The largest absolute Gasteiger partial charge is 0.454 e. The average Bonchev–Trinajstić information content (AvgIpc) is 3.16. The monoisotopic (exact) mass is 409 g/mol. The highest BCUT2D eigenvalue weighted by Crippen LogP contribution is 2.48. The summed E-state index contributed by atoms with van der Waals surface area (Å²) in [7, 11) is 3.09. The van der Waals surface area contributed by atoms with Crippen LogP contribution >= 0.6 is 0 Å². The van der Waals surface area contributed by atoms with Crippen LogP contribution in [-0.2, 0) is 18.9 Å². The van der Waals surface area contributed by atoms with Crippen molar-refractivity contribution in [3.05, 3.63) is 61.4 Å². The molecule has 30 heavy (non-hydrogen) atoms. The molecule has 0 amide bonds. The number of hydrogen-bond acceptors (Lipinski definition) is 6. The molecule has 3 heterocycles. The van der Waals surface area contributed by atoms with Gasteiger partial charge in [0.05, 0.1) is 5.56 Å². The Morgan fingerprint density at radius 2 is 1.77 bits per heavy atom. The Morgan fingerprint density at radius 3 is 2.53 bits per heavy atom. The van der Waals surface area contributed by atoms with Crippen LogP contribution in [0.5, 0.6) is 11.5 Å². The highest BCUT2D eigenvalue weighted by molar-refractivity contribution is 6.01. The second kappa shape index (κ2) is 6.10. The molecule has 8 heteroatoms. The minimum absolute atomic E-state index is 0.0120. The van der Waals surface area contributed by atoms with Crippen LogP contribution in [0.25, 0.3) is 0 Å². The van der Waals surface area contributed by atoms with E-state index in [1.807, 2.05) is 26.0 Å². The molecule has 156 valence electrons. The van der Waals surface area contributed by atoms with Gasteiger partial charge in [-0.05, 0) is 29.5 Å². The zero-order valence-corrected chi connectivity index (χ0v) is 17.4. The van der Waals surface area contributed by atoms with Crippen LogP contribution < -0.4 is 26.0 Å². The Morgan fingerprint density at radius 1 is 1.03 bits per heavy atom. The second-order valence-electron chi connectivity index (χ2n) is 8.97. The van der Waals surface area contributed by atoms with Gasteiger partial charge in [-0.1, -0.05) is 19.9 Å². The molecule has 5 rings (SSSR count). The number of ether oxygens (including phenoxy) is 2. The van der Waals surface area contributed by atoms with Gasteiger partial charge in [0.1, 0.15) is 5.82 Å². The number of Topliss-reactive ketones (excluding diaryl/α,β-unsaturated/α-hetero) is 1. The van der Waals surface area contributed by atoms with E-state index in [1.54, 1.807) is 13.1 Å². The molecule has 8 nitrogen and oxygen atoms in total. The van der Waals surface area contributed by atoms with Gasteiger partial charge in [0.25, 0.3) is 5.56 Å². The highest BCUT2D eigenvalue weighted by Gasteiger charge is 2.43. The molecule has 0 saturated heterocycles. The number of carbonyl (C=O) groups excluding carboxylic acids is 1. The number of benzene rings is 1. The first kappa shape index (κ1) is 18.7. The summed E-state index contributed by atoms with van der Waals surface area (Å²) in [5, 5.41) is 3.27. The Labute approximate surface area is 172 Å². The minimum atomic E-state index is -0.583. The van der Waals surface area contributed by atoms with E-state index in [0.29, 0.717) is 41.3 Å². The van der Waals surface area contributed by atoms with Gasteiger partial charge in [0.2, 0.25) is 6.79 Å². The summed E-state index contributed by atoms with van der Waals surface area (Å²) < 4.78 is 13.5. The molecule has 1 aromatic carbocycles. The van der Waals surface area contributed by atoms with Gasteiger partial charge in [0.15, 0.2) is 17.3 Å². The minimum Gasteiger partial charge on any atom is -0.454 e. The van der Waals surface area contributed by atoms with Gasteiger partial charge in [-0.3, -0.25) is 18.7 Å². The number of nitrogens with one attached hydrogen (secondary N) is 1. The summed E-state index contributed by atoms with van der Waals surface area (Å²) >= 11 is 0. The van der Waals surface area contributed by atoms with Crippen molar-refractivity contribution < 1.29 is 14.3 Å². The number of ketones is 1. The molecular formula is C22H23N3O5. The lowest BCUT2D eigenvalue weighted by molar-refractivity contribution is -0.118. The van der Waals surface area contributed by atoms with Crippen molar-refractivity contribution >= 4 is 11.6 Å². The molecule has 2 aliphatic heterocycles. The number of allylic oxidation sites excluding steroid dienone is 2. The number of hydrogen-bond donors (Lipinski definition) is 1. The third-order valence-corrected chi connectivity index (χ3v) is 6.20. The van der Waals surface area contributed by atoms with Crippen LogP contribution in [0.4, 0.5) is 5.82 Å². The Bertz CT molecular complexity index is 1260. The smallest absolute Gasteiger partial charge is 0.332 e. The predicted octanol–water partition coefficient (Wildman–Crippen LogP) is 2.01. The fraction of sp³-hybridized carbons (Fsp3) is 0.409. The van der Waals surface area contributed by atoms with Crippen LogP contribution in [-0.4, -0.2) is 21.7 Å². The van der Waals surface area contributed by atoms with Gasteiger partial charge in [-0.25, -0.2) is 4.79 Å². The van der Waals surface area contributed by atoms with E-state index in [9.17, 15) is 14.4 Å². The van der Waals surface area contributed by atoms with Gasteiger partial charge >= 0.3 is 5.69 Å². The van der Waals surface area contributed by atoms with E-state index < -0.39 is 17.2 Å². The lowest BCUT2D eigenvalue weighted by Gasteiger charge is -2.39. The van der Waals surface area contributed by atoms with Crippen LogP contribution in [0.2, 0.25) is 0 Å². The summed E-state index contributed by atoms with van der Waals surface area (Å²) in [4.78, 5) is 39.1. The maximum atomic E-state index is 13.3. The topological polar surface area (TPSA) is 91.6 Å². The first-order chi connectivity index (χ1) is 14.2. The summed E-state index contributed by atoms with van der Waals surface area (Å²) in [6, 6.07) is 5.48. The Hall–Kier alpha value is -3.29. The van der Waals surface area contributed by atoms with Crippen molar-refractivity contribution in [1.29, 1.82) is 0 Å². The SMILES string of the molecule is Cn1c2c(c(=O)n(C)c1=O)C(c1ccc3c(c1)OCO3)C1=C(CC(C)(C)CC1=O)N2. The third-order valence-electron chi connectivity index (χ3n) is 6.20. The lowest BCUT2D eigenvalue weighted by atomic mass is 9.69. The van der Waals surface area contributed by atoms with Crippen LogP contribution in [0.15, 0.2) is 39.1 Å². The van der Waals surface area contributed by atoms with E-state index in [1.165, 1.54) is 11.6 Å². The number of rotatable bonds is 1. The molecule has 0 radical (unpaired) electrons. The second-order valence-corrected chi connectivity index (χ2v) is 8.97. The first-order valence-corrected chi connectivity index (χ1v) is 9.91. The number of carbonyl (C=O) groups is 1. The van der Waals surface area contributed by atoms with E-state index in [2.05, 4.69) is 5.32 Å². The molecule has 2 aromatic rings. The standard InChI is InChI=1S/C22H23N3O5/c1-22(2)8-12-17(13(26)9-22)16(11-5-6-14-15(7-11)30-10-29-14)18-19(23-12)24(3)21(28)25(4)20(18)27/h5-7,16,23H,8-10H2,1-4H3. The molecule has 0 saturated carbocycles. The summed E-state index contributed by atoms with van der Waals surface area (Å²) in [5.41, 5.74) is 1.49. The molecule has 1 atom stereocenters. The molecular weight excluding hydrogens is 386 g/mol. The average molecular weight is 409 g/mol.